The summed E-state index contributed by atoms with van der Waals surface area (Å²) in [4.78, 5) is 12.4. The van der Waals surface area contributed by atoms with Crippen molar-refractivity contribution in [3.63, 3.8) is 0 Å². The van der Waals surface area contributed by atoms with Crippen LogP contribution in [-0.4, -0.2) is 14.2 Å². The van der Waals surface area contributed by atoms with Gasteiger partial charge in [-0.2, -0.15) is 0 Å². The molecule has 0 amide bonds. The van der Waals surface area contributed by atoms with E-state index < -0.39 is 5.63 Å². The average Bonchev–Trinajstić information content (AvgIpc) is 3.15. The lowest BCUT2D eigenvalue weighted by atomic mass is 10.0. The fourth-order valence-electron chi connectivity index (χ4n) is 3.57. The third-order valence-corrected chi connectivity index (χ3v) is 5.00. The molecule has 0 fully saturated rings. The number of methoxy groups -OCH3 is 2. The van der Waals surface area contributed by atoms with Crippen LogP contribution >= 0.6 is 0 Å². The average molecular weight is 372 g/mol. The second kappa shape index (κ2) is 6.16. The normalized spacial score (nSPS) is 11.4. The van der Waals surface area contributed by atoms with Crippen LogP contribution in [0.4, 0.5) is 0 Å². The van der Waals surface area contributed by atoms with Crippen LogP contribution in [0.1, 0.15) is 0 Å². The first-order valence-electron chi connectivity index (χ1n) is 8.78. The molecule has 2 heterocycles. The summed E-state index contributed by atoms with van der Waals surface area (Å²) in [6.07, 6.45) is 1.71. The van der Waals surface area contributed by atoms with Gasteiger partial charge in [-0.1, -0.05) is 12.1 Å². The van der Waals surface area contributed by atoms with Crippen molar-refractivity contribution in [3.05, 3.63) is 71.3 Å². The molecule has 0 unspecified atom stereocenters. The van der Waals surface area contributed by atoms with E-state index in [1.54, 1.807) is 32.6 Å². The molecule has 2 aromatic heterocycles. The Kier molecular flexibility index (Phi) is 3.62. The maximum atomic E-state index is 12.4. The molecule has 0 bridgehead atoms. The fraction of sp³-hybridized carbons (Fsp3) is 0.0870. The van der Waals surface area contributed by atoms with Gasteiger partial charge >= 0.3 is 5.63 Å². The molecule has 28 heavy (non-hydrogen) atoms. The molecule has 0 spiro atoms. The maximum absolute atomic E-state index is 12.4. The van der Waals surface area contributed by atoms with Gasteiger partial charge < -0.3 is 18.3 Å². The molecule has 138 valence electrons. The van der Waals surface area contributed by atoms with E-state index in [0.717, 1.165) is 33.0 Å². The highest BCUT2D eigenvalue weighted by Gasteiger charge is 2.14. The van der Waals surface area contributed by atoms with Gasteiger partial charge in [-0.05, 0) is 42.0 Å². The highest BCUT2D eigenvalue weighted by molar-refractivity contribution is 6.11. The largest absolute Gasteiger partial charge is 0.497 e. The van der Waals surface area contributed by atoms with Crippen molar-refractivity contribution in [3.8, 4) is 22.6 Å². The Balaban J connectivity index is 1.83. The highest BCUT2D eigenvalue weighted by Crippen LogP contribution is 2.36. The predicted molar refractivity (Wildman–Crippen MR) is 108 cm³/mol. The molecule has 0 aliphatic rings. The lowest BCUT2D eigenvalue weighted by Crippen LogP contribution is -2.00. The summed E-state index contributed by atoms with van der Waals surface area (Å²) in [6, 6.07) is 17.0. The predicted octanol–water partition coefficient (Wildman–Crippen LogP) is 5.38. The standard InChI is InChI=1S/C23H16O5/c1-25-14-5-3-4-13(8-14)20-12-27-21-11-22-17(10-18(20)21)16-7-6-15(26-2)9-19(16)23(24)28-22/h3-12H,1-2H3. The molecule has 0 N–H and O–H groups in total. The number of furan rings is 1. The smallest absolute Gasteiger partial charge is 0.344 e. The molecule has 0 saturated carbocycles. The number of hydrogen-bond donors (Lipinski definition) is 0. The van der Waals surface area contributed by atoms with Crippen LogP contribution in [0.5, 0.6) is 11.5 Å². The Morgan fingerprint density at radius 2 is 1.57 bits per heavy atom. The van der Waals surface area contributed by atoms with Gasteiger partial charge in [-0.15, -0.1) is 0 Å². The summed E-state index contributed by atoms with van der Waals surface area (Å²) < 4.78 is 21.9. The van der Waals surface area contributed by atoms with Crippen molar-refractivity contribution in [2.45, 2.75) is 0 Å². The van der Waals surface area contributed by atoms with Crippen LogP contribution in [-0.2, 0) is 0 Å². The molecule has 0 radical (unpaired) electrons. The van der Waals surface area contributed by atoms with E-state index in [0.29, 0.717) is 22.3 Å². The van der Waals surface area contributed by atoms with Crippen molar-refractivity contribution >= 4 is 32.7 Å². The van der Waals surface area contributed by atoms with E-state index >= 15 is 0 Å². The van der Waals surface area contributed by atoms with Gasteiger partial charge in [0, 0.05) is 27.8 Å². The zero-order valence-electron chi connectivity index (χ0n) is 15.3. The summed E-state index contributed by atoms with van der Waals surface area (Å²) >= 11 is 0. The first kappa shape index (κ1) is 16.4. The summed E-state index contributed by atoms with van der Waals surface area (Å²) in [5.41, 5.74) is 2.67. The molecule has 5 nitrogen and oxygen atoms in total. The Hall–Kier alpha value is -3.73. The van der Waals surface area contributed by atoms with E-state index in [1.807, 2.05) is 42.5 Å². The van der Waals surface area contributed by atoms with Gasteiger partial charge in [0.15, 0.2) is 0 Å². The number of benzene rings is 3. The Labute approximate surface area is 159 Å². The Morgan fingerprint density at radius 3 is 2.39 bits per heavy atom. The molecule has 0 aliphatic carbocycles. The van der Waals surface area contributed by atoms with Gasteiger partial charge in [-0.25, -0.2) is 4.79 Å². The van der Waals surface area contributed by atoms with Crippen LogP contribution in [0.15, 0.2) is 74.5 Å². The van der Waals surface area contributed by atoms with Crippen LogP contribution in [0.2, 0.25) is 0 Å². The van der Waals surface area contributed by atoms with Crippen LogP contribution < -0.4 is 15.1 Å². The molecule has 0 saturated heterocycles. The van der Waals surface area contributed by atoms with Gasteiger partial charge in [0.2, 0.25) is 0 Å². The summed E-state index contributed by atoms with van der Waals surface area (Å²) in [7, 11) is 3.21. The summed E-state index contributed by atoms with van der Waals surface area (Å²) in [5.74, 6) is 1.39. The zero-order chi connectivity index (χ0) is 19.3. The topological polar surface area (TPSA) is 61.8 Å². The summed E-state index contributed by atoms with van der Waals surface area (Å²) in [6.45, 7) is 0. The third kappa shape index (κ3) is 2.44. The van der Waals surface area contributed by atoms with Crippen LogP contribution in [0.3, 0.4) is 0 Å². The number of ether oxygens (including phenoxy) is 2. The van der Waals surface area contributed by atoms with E-state index in [-0.39, 0.29) is 0 Å². The van der Waals surface area contributed by atoms with E-state index in [2.05, 4.69) is 0 Å². The first-order chi connectivity index (χ1) is 13.7. The summed E-state index contributed by atoms with van der Waals surface area (Å²) in [5, 5.41) is 3.08. The SMILES string of the molecule is COc1cccc(-c2coc3cc4oc(=O)c5cc(OC)ccc5c4cc23)c1. The zero-order valence-corrected chi connectivity index (χ0v) is 15.3. The van der Waals surface area contributed by atoms with Gasteiger partial charge in [0.25, 0.3) is 0 Å². The van der Waals surface area contributed by atoms with Crippen molar-refractivity contribution in [1.29, 1.82) is 0 Å². The van der Waals surface area contributed by atoms with E-state index in [9.17, 15) is 4.79 Å². The van der Waals surface area contributed by atoms with Gasteiger partial charge in [-0.3, -0.25) is 0 Å². The molecular weight excluding hydrogens is 356 g/mol. The second-order valence-corrected chi connectivity index (χ2v) is 6.53. The fourth-order valence-corrected chi connectivity index (χ4v) is 3.57. The number of hydrogen-bond acceptors (Lipinski definition) is 5. The Bertz CT molecular complexity index is 1410. The van der Waals surface area contributed by atoms with Crippen LogP contribution in [0, 0.1) is 0 Å². The van der Waals surface area contributed by atoms with Gasteiger partial charge in [0.05, 0.1) is 25.9 Å². The Morgan fingerprint density at radius 1 is 0.750 bits per heavy atom. The van der Waals surface area contributed by atoms with Crippen molar-refractivity contribution in [2.24, 2.45) is 0 Å². The first-order valence-corrected chi connectivity index (χ1v) is 8.78. The maximum Gasteiger partial charge on any atom is 0.344 e. The number of rotatable bonds is 3. The molecule has 5 aromatic rings. The minimum absolute atomic E-state index is 0.402. The lowest BCUT2D eigenvalue weighted by Gasteiger charge is -2.06. The van der Waals surface area contributed by atoms with E-state index in [1.165, 1.54) is 0 Å². The monoisotopic (exact) mass is 372 g/mol. The third-order valence-electron chi connectivity index (χ3n) is 5.00. The number of fused-ring (bicyclic) bond motifs is 4. The molecule has 3 aromatic carbocycles. The van der Waals surface area contributed by atoms with Crippen molar-refractivity contribution < 1.29 is 18.3 Å². The second-order valence-electron chi connectivity index (χ2n) is 6.53. The van der Waals surface area contributed by atoms with Gasteiger partial charge in [0.1, 0.15) is 22.7 Å². The molecule has 0 atom stereocenters. The quantitative estimate of drug-likeness (QED) is 0.314. The van der Waals surface area contributed by atoms with E-state index in [4.69, 9.17) is 18.3 Å². The van der Waals surface area contributed by atoms with Crippen LogP contribution in [0.25, 0.3) is 43.8 Å². The van der Waals surface area contributed by atoms with Crippen molar-refractivity contribution in [1.82, 2.24) is 0 Å². The van der Waals surface area contributed by atoms with Crippen molar-refractivity contribution in [2.75, 3.05) is 14.2 Å². The lowest BCUT2D eigenvalue weighted by molar-refractivity contribution is 0.415. The highest BCUT2D eigenvalue weighted by atomic mass is 16.5. The molecule has 5 heteroatoms. The molecular formula is C23H16O5. The molecule has 0 aliphatic heterocycles. The minimum atomic E-state index is -0.402. The molecule has 5 rings (SSSR count). The minimum Gasteiger partial charge on any atom is -0.497 e.